The molecule has 1 fully saturated rings. The minimum absolute atomic E-state index is 0.0438. The lowest BCUT2D eigenvalue weighted by Gasteiger charge is -2.41. The molecule has 1 saturated heterocycles. The fourth-order valence-electron chi connectivity index (χ4n) is 6.56. The number of unbranched alkanes of at least 4 members (excludes halogenated alkanes) is 23. The molecule has 1 heterocycles. The highest BCUT2D eigenvalue weighted by atomic mass is 32.3. The summed E-state index contributed by atoms with van der Waals surface area (Å²) in [7, 11) is -5.05. The molecule has 4 N–H and O–H groups in total. The monoisotopic (exact) mass is 769 g/mol. The molecule has 6 atom stereocenters. The first-order valence-corrected chi connectivity index (χ1v) is 22.2. The SMILES string of the molecule is CCCCCCCCCCCCCCCCCOCC(COC1OC(CO)C(O)C(OS(=O)(=O)O)C1O)OC(=O)CCCCCCCCCCCC. The van der Waals surface area contributed by atoms with Gasteiger partial charge in [0.2, 0.25) is 0 Å². The predicted octanol–water partition coefficient (Wildman–Crippen LogP) is 7.74. The van der Waals surface area contributed by atoms with Crippen LogP contribution in [0.4, 0.5) is 0 Å². The topological polar surface area (TPSA) is 178 Å². The standard InChI is InChI=1S/C39H76O12S/c1-3-5-7-9-11-13-15-16-17-18-19-21-23-25-27-29-47-31-33(49-35(41)28-26-24-22-20-14-12-10-8-6-4-2)32-48-39-37(43)38(51-52(44,45)46)36(42)34(30-40)50-39/h33-34,36-40,42-43H,3-32H2,1-2H3,(H,44,45,46). The van der Waals surface area contributed by atoms with Crippen LogP contribution >= 0.6 is 0 Å². The first-order chi connectivity index (χ1) is 25.1. The van der Waals surface area contributed by atoms with E-state index in [2.05, 4.69) is 18.0 Å². The number of rotatable bonds is 36. The number of esters is 1. The van der Waals surface area contributed by atoms with E-state index >= 15 is 0 Å². The third-order valence-corrected chi connectivity index (χ3v) is 10.2. The van der Waals surface area contributed by atoms with E-state index in [1.807, 2.05) is 0 Å². The molecule has 0 bridgehead atoms. The fourth-order valence-corrected chi connectivity index (χ4v) is 7.06. The number of aliphatic hydroxyl groups is 3. The molecule has 0 radical (unpaired) electrons. The normalized spacial score (nSPS) is 21.4. The highest BCUT2D eigenvalue weighted by Gasteiger charge is 2.48. The molecule has 310 valence electrons. The van der Waals surface area contributed by atoms with Gasteiger partial charge < -0.3 is 34.3 Å². The molecule has 1 rings (SSSR count). The molecule has 1 aliphatic heterocycles. The summed E-state index contributed by atoms with van der Waals surface area (Å²) in [5.74, 6) is -0.398. The van der Waals surface area contributed by atoms with Gasteiger partial charge in [-0.1, -0.05) is 162 Å². The molecular weight excluding hydrogens is 692 g/mol. The minimum atomic E-state index is -5.05. The van der Waals surface area contributed by atoms with E-state index in [-0.39, 0.29) is 19.6 Å². The van der Waals surface area contributed by atoms with Crippen molar-refractivity contribution < 1.29 is 56.2 Å². The lowest BCUT2D eigenvalue weighted by molar-refractivity contribution is -0.301. The summed E-state index contributed by atoms with van der Waals surface area (Å²) in [5.41, 5.74) is 0. The molecule has 0 spiro atoms. The molecule has 0 aromatic rings. The lowest BCUT2D eigenvalue weighted by Crippen LogP contribution is -2.60. The maximum absolute atomic E-state index is 12.7. The van der Waals surface area contributed by atoms with Gasteiger partial charge in [-0.25, -0.2) is 4.18 Å². The van der Waals surface area contributed by atoms with E-state index in [0.29, 0.717) is 13.0 Å². The Morgan fingerprint density at radius 3 is 1.54 bits per heavy atom. The van der Waals surface area contributed by atoms with Gasteiger partial charge in [0.15, 0.2) is 6.29 Å². The quantitative estimate of drug-likeness (QED) is 0.0277. The Kier molecular flexibility index (Phi) is 30.6. The third kappa shape index (κ3) is 26.0. The zero-order chi connectivity index (χ0) is 38.3. The van der Waals surface area contributed by atoms with E-state index in [9.17, 15) is 28.5 Å². The predicted molar refractivity (Wildman–Crippen MR) is 202 cm³/mol. The average Bonchev–Trinajstić information content (AvgIpc) is 3.11. The molecule has 52 heavy (non-hydrogen) atoms. The maximum Gasteiger partial charge on any atom is 0.397 e. The number of carbonyl (C=O) groups excluding carboxylic acids is 1. The van der Waals surface area contributed by atoms with E-state index < -0.39 is 59.8 Å². The van der Waals surface area contributed by atoms with Crippen molar-refractivity contribution in [1.29, 1.82) is 0 Å². The third-order valence-electron chi connectivity index (χ3n) is 9.73. The molecule has 13 heteroatoms. The number of hydrogen-bond acceptors (Lipinski definition) is 11. The molecular formula is C39H76O12S. The van der Waals surface area contributed by atoms with Crippen molar-refractivity contribution in [3.05, 3.63) is 0 Å². The van der Waals surface area contributed by atoms with E-state index in [1.165, 1.54) is 116 Å². The van der Waals surface area contributed by atoms with Crippen LogP contribution in [-0.2, 0) is 38.3 Å². The highest BCUT2D eigenvalue weighted by Crippen LogP contribution is 2.26. The van der Waals surface area contributed by atoms with Gasteiger partial charge in [-0.3, -0.25) is 9.35 Å². The van der Waals surface area contributed by atoms with Crippen molar-refractivity contribution in [3.63, 3.8) is 0 Å². The minimum Gasteiger partial charge on any atom is -0.457 e. The van der Waals surface area contributed by atoms with Crippen molar-refractivity contribution in [1.82, 2.24) is 0 Å². The van der Waals surface area contributed by atoms with Crippen LogP contribution < -0.4 is 0 Å². The molecule has 12 nitrogen and oxygen atoms in total. The van der Waals surface area contributed by atoms with Crippen molar-refractivity contribution in [2.45, 2.75) is 218 Å². The van der Waals surface area contributed by atoms with Crippen molar-refractivity contribution in [3.8, 4) is 0 Å². The Morgan fingerprint density at radius 1 is 0.654 bits per heavy atom. The number of aliphatic hydroxyl groups excluding tert-OH is 3. The van der Waals surface area contributed by atoms with Gasteiger partial charge in [-0.2, -0.15) is 8.42 Å². The number of hydrogen-bond donors (Lipinski definition) is 4. The van der Waals surface area contributed by atoms with Crippen molar-refractivity contribution in [2.75, 3.05) is 26.4 Å². The van der Waals surface area contributed by atoms with Gasteiger partial charge in [0, 0.05) is 13.0 Å². The number of carbonyl (C=O) groups is 1. The molecule has 0 aromatic heterocycles. The van der Waals surface area contributed by atoms with Crippen LogP contribution in [0, 0.1) is 0 Å². The molecule has 1 aliphatic rings. The molecule has 0 aliphatic carbocycles. The summed E-state index contributed by atoms with van der Waals surface area (Å²) >= 11 is 0. The van der Waals surface area contributed by atoms with Crippen LogP contribution in [0.1, 0.15) is 181 Å². The van der Waals surface area contributed by atoms with E-state index in [1.54, 1.807) is 0 Å². The zero-order valence-electron chi connectivity index (χ0n) is 32.6. The Balaban J connectivity index is 2.45. The molecule has 0 aromatic carbocycles. The summed E-state index contributed by atoms with van der Waals surface area (Å²) in [6.07, 6.45) is 21.4. The maximum atomic E-state index is 12.7. The fraction of sp³-hybridized carbons (Fsp3) is 0.974. The molecule has 0 amide bonds. The van der Waals surface area contributed by atoms with Gasteiger partial charge in [0.1, 0.15) is 30.5 Å². The summed E-state index contributed by atoms with van der Waals surface area (Å²) < 4.78 is 58.8. The van der Waals surface area contributed by atoms with Gasteiger partial charge in [0.25, 0.3) is 0 Å². The first kappa shape index (κ1) is 49.1. The Hall–Kier alpha value is -0.900. The van der Waals surface area contributed by atoms with Gasteiger partial charge >= 0.3 is 16.4 Å². The number of ether oxygens (including phenoxy) is 4. The van der Waals surface area contributed by atoms with Crippen LogP contribution in [0.25, 0.3) is 0 Å². The summed E-state index contributed by atoms with van der Waals surface area (Å²) in [6, 6.07) is 0. The second-order valence-electron chi connectivity index (χ2n) is 14.6. The van der Waals surface area contributed by atoms with E-state index in [4.69, 9.17) is 23.5 Å². The van der Waals surface area contributed by atoms with Crippen LogP contribution in [0.5, 0.6) is 0 Å². The largest absolute Gasteiger partial charge is 0.457 e. The second-order valence-corrected chi connectivity index (χ2v) is 15.6. The Morgan fingerprint density at radius 2 is 1.10 bits per heavy atom. The summed E-state index contributed by atoms with van der Waals surface area (Å²) in [4.78, 5) is 12.7. The summed E-state index contributed by atoms with van der Waals surface area (Å²) in [5, 5.41) is 30.5. The Bertz CT molecular complexity index is 936. The van der Waals surface area contributed by atoms with Crippen molar-refractivity contribution in [2.24, 2.45) is 0 Å². The average molecular weight is 769 g/mol. The van der Waals surface area contributed by atoms with E-state index in [0.717, 1.165) is 38.5 Å². The highest BCUT2D eigenvalue weighted by molar-refractivity contribution is 7.80. The van der Waals surface area contributed by atoms with Crippen LogP contribution in [-0.4, -0.2) is 97.5 Å². The van der Waals surface area contributed by atoms with Gasteiger partial charge in [-0.05, 0) is 12.8 Å². The first-order valence-electron chi connectivity index (χ1n) is 20.8. The molecule has 0 saturated carbocycles. The van der Waals surface area contributed by atoms with Crippen LogP contribution in [0.15, 0.2) is 0 Å². The smallest absolute Gasteiger partial charge is 0.397 e. The molecule has 6 unspecified atom stereocenters. The zero-order valence-corrected chi connectivity index (χ0v) is 33.5. The van der Waals surface area contributed by atoms with Gasteiger partial charge in [-0.15, -0.1) is 0 Å². The van der Waals surface area contributed by atoms with Crippen LogP contribution in [0.3, 0.4) is 0 Å². The van der Waals surface area contributed by atoms with Gasteiger partial charge in [0.05, 0.1) is 19.8 Å². The van der Waals surface area contributed by atoms with Crippen molar-refractivity contribution >= 4 is 16.4 Å². The lowest BCUT2D eigenvalue weighted by atomic mass is 9.99. The van der Waals surface area contributed by atoms with Crippen LogP contribution in [0.2, 0.25) is 0 Å². The summed E-state index contributed by atoms with van der Waals surface area (Å²) in [6.45, 7) is 3.99. The second kappa shape index (κ2) is 32.4. The Labute approximate surface area is 316 Å².